The highest BCUT2D eigenvalue weighted by Gasteiger charge is 2.41. The summed E-state index contributed by atoms with van der Waals surface area (Å²) in [6.45, 7) is 3.11. The second-order valence-corrected chi connectivity index (χ2v) is 3.85. The van der Waals surface area contributed by atoms with Crippen molar-refractivity contribution in [2.75, 3.05) is 7.05 Å². The van der Waals surface area contributed by atoms with Crippen LogP contribution in [0.5, 0.6) is 0 Å². The third kappa shape index (κ3) is 1.61. The average molecular weight is 179 g/mol. The van der Waals surface area contributed by atoms with Gasteiger partial charge < -0.3 is 5.32 Å². The van der Waals surface area contributed by atoms with E-state index in [9.17, 15) is 0 Å². The van der Waals surface area contributed by atoms with E-state index in [2.05, 4.69) is 35.1 Å². The molecule has 1 aromatic heterocycles. The van der Waals surface area contributed by atoms with E-state index in [-0.39, 0.29) is 0 Å². The molecule has 3 nitrogen and oxygen atoms in total. The lowest BCUT2D eigenvalue weighted by Gasteiger charge is -2.14. The van der Waals surface area contributed by atoms with Gasteiger partial charge in [-0.15, -0.1) is 0 Å². The SMILES string of the molecule is CCn1nccc1CC1(NC)CC1. The Morgan fingerprint density at radius 3 is 2.92 bits per heavy atom. The van der Waals surface area contributed by atoms with Crippen molar-refractivity contribution in [2.24, 2.45) is 0 Å². The maximum absolute atomic E-state index is 4.27. The Hall–Kier alpha value is -0.830. The number of hydrogen-bond donors (Lipinski definition) is 1. The minimum Gasteiger partial charge on any atom is -0.314 e. The van der Waals surface area contributed by atoms with Crippen LogP contribution >= 0.6 is 0 Å². The van der Waals surface area contributed by atoms with E-state index in [1.807, 2.05) is 6.20 Å². The summed E-state index contributed by atoms with van der Waals surface area (Å²) in [6.07, 6.45) is 5.62. The van der Waals surface area contributed by atoms with E-state index in [4.69, 9.17) is 0 Å². The third-order valence-electron chi connectivity index (χ3n) is 3.01. The second kappa shape index (κ2) is 3.14. The van der Waals surface area contributed by atoms with Crippen LogP contribution in [0.15, 0.2) is 12.3 Å². The first-order chi connectivity index (χ1) is 6.29. The maximum Gasteiger partial charge on any atom is 0.0492 e. The van der Waals surface area contributed by atoms with Crippen LogP contribution in [0.2, 0.25) is 0 Å². The van der Waals surface area contributed by atoms with Gasteiger partial charge in [-0.2, -0.15) is 5.10 Å². The van der Waals surface area contributed by atoms with Gasteiger partial charge in [0.25, 0.3) is 0 Å². The van der Waals surface area contributed by atoms with E-state index in [0.717, 1.165) is 13.0 Å². The molecule has 2 rings (SSSR count). The molecule has 0 amide bonds. The molecule has 0 radical (unpaired) electrons. The van der Waals surface area contributed by atoms with E-state index in [1.165, 1.54) is 18.5 Å². The van der Waals surface area contributed by atoms with Crippen molar-refractivity contribution in [3.05, 3.63) is 18.0 Å². The molecule has 0 aliphatic heterocycles. The molecule has 1 aromatic rings. The van der Waals surface area contributed by atoms with Crippen LogP contribution in [0, 0.1) is 0 Å². The van der Waals surface area contributed by atoms with Gasteiger partial charge in [0.2, 0.25) is 0 Å². The molecule has 1 fully saturated rings. The predicted molar refractivity (Wildman–Crippen MR) is 52.6 cm³/mol. The summed E-state index contributed by atoms with van der Waals surface area (Å²) in [7, 11) is 2.06. The largest absolute Gasteiger partial charge is 0.314 e. The number of rotatable bonds is 4. The number of nitrogens with one attached hydrogen (secondary N) is 1. The Bertz CT molecular complexity index is 286. The molecule has 1 N–H and O–H groups in total. The van der Waals surface area contributed by atoms with Gasteiger partial charge in [0, 0.05) is 30.4 Å². The first-order valence-corrected chi connectivity index (χ1v) is 4.99. The summed E-state index contributed by atoms with van der Waals surface area (Å²) in [6, 6.07) is 2.13. The quantitative estimate of drug-likeness (QED) is 0.752. The molecule has 1 aliphatic carbocycles. The summed E-state index contributed by atoms with van der Waals surface area (Å²) >= 11 is 0. The van der Waals surface area contributed by atoms with Crippen LogP contribution in [0.1, 0.15) is 25.5 Å². The minimum absolute atomic E-state index is 0.396. The van der Waals surface area contributed by atoms with Crippen molar-refractivity contribution in [3.8, 4) is 0 Å². The molecule has 0 unspecified atom stereocenters. The van der Waals surface area contributed by atoms with Gasteiger partial charge in [0.1, 0.15) is 0 Å². The molecule has 0 bridgehead atoms. The molecule has 0 atom stereocenters. The highest BCUT2D eigenvalue weighted by Crippen LogP contribution is 2.37. The van der Waals surface area contributed by atoms with Crippen LogP contribution in [0.4, 0.5) is 0 Å². The number of aryl methyl sites for hydroxylation is 1. The molecule has 0 aromatic carbocycles. The molecule has 13 heavy (non-hydrogen) atoms. The number of aromatic nitrogens is 2. The maximum atomic E-state index is 4.27. The molecule has 0 saturated heterocycles. The molecule has 0 spiro atoms. The average Bonchev–Trinajstić information content (AvgIpc) is 2.78. The lowest BCUT2D eigenvalue weighted by atomic mass is 10.1. The zero-order valence-corrected chi connectivity index (χ0v) is 8.38. The Balaban J connectivity index is 2.09. The fourth-order valence-corrected chi connectivity index (χ4v) is 1.81. The summed E-state index contributed by atoms with van der Waals surface area (Å²) in [4.78, 5) is 0. The van der Waals surface area contributed by atoms with Crippen molar-refractivity contribution in [1.29, 1.82) is 0 Å². The Labute approximate surface area is 79.1 Å². The molecule has 1 saturated carbocycles. The van der Waals surface area contributed by atoms with Crippen LogP contribution in [-0.2, 0) is 13.0 Å². The Kier molecular flexibility index (Phi) is 2.12. The molecular formula is C10H17N3. The minimum atomic E-state index is 0.396. The van der Waals surface area contributed by atoms with E-state index < -0.39 is 0 Å². The van der Waals surface area contributed by atoms with Crippen molar-refractivity contribution in [3.63, 3.8) is 0 Å². The lowest BCUT2D eigenvalue weighted by Crippen LogP contribution is -2.30. The van der Waals surface area contributed by atoms with Gasteiger partial charge in [0.05, 0.1) is 0 Å². The van der Waals surface area contributed by atoms with Crippen LogP contribution in [0.3, 0.4) is 0 Å². The number of hydrogen-bond acceptors (Lipinski definition) is 2. The van der Waals surface area contributed by atoms with E-state index >= 15 is 0 Å². The number of likely N-dealkylation sites (N-methyl/N-ethyl adjacent to an activating group) is 1. The van der Waals surface area contributed by atoms with Gasteiger partial charge in [-0.05, 0) is 32.9 Å². The highest BCUT2D eigenvalue weighted by molar-refractivity contribution is 5.13. The van der Waals surface area contributed by atoms with Crippen LogP contribution in [0.25, 0.3) is 0 Å². The highest BCUT2D eigenvalue weighted by atomic mass is 15.3. The Morgan fingerprint density at radius 1 is 1.62 bits per heavy atom. The van der Waals surface area contributed by atoms with Crippen molar-refractivity contribution >= 4 is 0 Å². The zero-order chi connectivity index (χ0) is 9.31. The van der Waals surface area contributed by atoms with E-state index in [0.29, 0.717) is 5.54 Å². The smallest absolute Gasteiger partial charge is 0.0492 e. The van der Waals surface area contributed by atoms with Gasteiger partial charge >= 0.3 is 0 Å². The molecule has 3 heteroatoms. The molecule has 72 valence electrons. The predicted octanol–water partition coefficient (Wildman–Crippen LogP) is 1.20. The second-order valence-electron chi connectivity index (χ2n) is 3.85. The zero-order valence-electron chi connectivity index (χ0n) is 8.38. The monoisotopic (exact) mass is 179 g/mol. The molecule has 1 heterocycles. The molecule has 1 aliphatic rings. The summed E-state index contributed by atoms with van der Waals surface area (Å²) < 4.78 is 2.08. The third-order valence-corrected chi connectivity index (χ3v) is 3.01. The van der Waals surface area contributed by atoms with E-state index in [1.54, 1.807) is 0 Å². The van der Waals surface area contributed by atoms with Crippen molar-refractivity contribution < 1.29 is 0 Å². The van der Waals surface area contributed by atoms with Crippen molar-refractivity contribution in [2.45, 2.75) is 38.3 Å². The van der Waals surface area contributed by atoms with Crippen LogP contribution < -0.4 is 5.32 Å². The number of nitrogens with zero attached hydrogens (tertiary/aromatic N) is 2. The first kappa shape index (κ1) is 8.75. The fraction of sp³-hybridized carbons (Fsp3) is 0.700. The van der Waals surface area contributed by atoms with Gasteiger partial charge in [-0.3, -0.25) is 4.68 Å². The fourth-order valence-electron chi connectivity index (χ4n) is 1.81. The van der Waals surface area contributed by atoms with Gasteiger partial charge in [-0.1, -0.05) is 0 Å². The first-order valence-electron chi connectivity index (χ1n) is 4.99. The van der Waals surface area contributed by atoms with Gasteiger partial charge in [0.15, 0.2) is 0 Å². The standard InChI is InChI=1S/C10H17N3/c1-3-13-9(4-7-12-13)8-10(11-2)5-6-10/h4,7,11H,3,5-6,8H2,1-2H3. The molecular weight excluding hydrogens is 162 g/mol. The topological polar surface area (TPSA) is 29.9 Å². The summed E-state index contributed by atoms with van der Waals surface area (Å²) in [5.74, 6) is 0. The summed E-state index contributed by atoms with van der Waals surface area (Å²) in [5, 5.41) is 7.67. The normalized spacial score (nSPS) is 18.9. The van der Waals surface area contributed by atoms with Gasteiger partial charge in [-0.25, -0.2) is 0 Å². The Morgan fingerprint density at radius 2 is 2.38 bits per heavy atom. The van der Waals surface area contributed by atoms with Crippen molar-refractivity contribution in [1.82, 2.24) is 15.1 Å². The van der Waals surface area contributed by atoms with Crippen LogP contribution in [-0.4, -0.2) is 22.4 Å². The summed E-state index contributed by atoms with van der Waals surface area (Å²) in [5.41, 5.74) is 1.75. The lowest BCUT2D eigenvalue weighted by molar-refractivity contribution is 0.512.